The number of ether oxygens (including phenoxy) is 2. The van der Waals surface area contributed by atoms with Gasteiger partial charge in [0.05, 0.1) is 13.0 Å². The van der Waals surface area contributed by atoms with Crippen molar-refractivity contribution in [2.24, 2.45) is 0 Å². The Bertz CT molecular complexity index is 839. The Labute approximate surface area is 187 Å². The molecule has 2 aromatic rings. The van der Waals surface area contributed by atoms with E-state index in [0.29, 0.717) is 29.8 Å². The Balaban J connectivity index is 1.66. The van der Waals surface area contributed by atoms with E-state index in [-0.39, 0.29) is 6.42 Å². The quantitative estimate of drug-likeness (QED) is 0.631. The molecule has 1 heterocycles. The second kappa shape index (κ2) is 11.4. The third-order valence-corrected chi connectivity index (χ3v) is 5.87. The molecular weight excluding hydrogens is 425 g/mol. The minimum atomic E-state index is -0.751. The summed E-state index contributed by atoms with van der Waals surface area (Å²) in [6.45, 7) is 3.30. The molecule has 0 amide bonds. The van der Waals surface area contributed by atoms with Gasteiger partial charge in [0.25, 0.3) is 0 Å². The summed E-state index contributed by atoms with van der Waals surface area (Å²) in [5.41, 5.74) is 1.86. The van der Waals surface area contributed by atoms with Gasteiger partial charge >= 0.3 is 5.97 Å². The topological polar surface area (TPSA) is 59.0 Å². The predicted molar refractivity (Wildman–Crippen MR) is 119 cm³/mol. The number of carbonyl (C=O) groups is 1. The van der Waals surface area contributed by atoms with Crippen LogP contribution in [0, 0.1) is 0 Å². The molecule has 0 saturated heterocycles. The summed E-state index contributed by atoms with van der Waals surface area (Å²) in [7, 11) is 0. The van der Waals surface area contributed by atoms with Gasteiger partial charge in [-0.1, -0.05) is 29.3 Å². The number of halogens is 2. The molecule has 1 aliphatic rings. The van der Waals surface area contributed by atoms with Crippen LogP contribution in [0.25, 0.3) is 0 Å². The number of hydrogen-bond acceptors (Lipinski definition) is 4. The largest absolute Gasteiger partial charge is 0.493 e. The molecule has 3 rings (SSSR count). The lowest BCUT2D eigenvalue weighted by Gasteiger charge is -2.21. The first-order valence-corrected chi connectivity index (χ1v) is 11.0. The predicted octanol–water partition coefficient (Wildman–Crippen LogP) is 5.45. The maximum Gasteiger partial charge on any atom is 0.304 e. The minimum Gasteiger partial charge on any atom is -0.493 e. The second-order valence-electron chi connectivity index (χ2n) is 7.40. The van der Waals surface area contributed by atoms with Crippen LogP contribution < -0.4 is 9.47 Å². The minimum absolute atomic E-state index is 0.176. The molecule has 0 spiro atoms. The smallest absolute Gasteiger partial charge is 0.304 e. The fourth-order valence-corrected chi connectivity index (χ4v) is 4.02. The van der Waals surface area contributed by atoms with Crippen molar-refractivity contribution in [2.75, 3.05) is 26.2 Å². The number of fused-ring (bicyclic) bond motifs is 1. The third kappa shape index (κ3) is 6.79. The Morgan fingerprint density at radius 2 is 1.87 bits per heavy atom. The van der Waals surface area contributed by atoms with Gasteiger partial charge in [-0.25, -0.2) is 0 Å². The molecule has 1 aliphatic heterocycles. The highest BCUT2D eigenvalue weighted by Gasteiger charge is 2.13. The fraction of sp³-hybridized carbons (Fsp3) is 0.435. The monoisotopic (exact) mass is 451 g/mol. The van der Waals surface area contributed by atoms with Crippen molar-refractivity contribution in [1.29, 1.82) is 0 Å². The lowest BCUT2D eigenvalue weighted by Crippen LogP contribution is -2.29. The molecule has 162 valence electrons. The Morgan fingerprint density at radius 1 is 1.10 bits per heavy atom. The molecular formula is C23H27Cl2NO4. The van der Waals surface area contributed by atoms with E-state index in [1.54, 1.807) is 12.1 Å². The van der Waals surface area contributed by atoms with E-state index < -0.39 is 5.97 Å². The molecule has 0 radical (unpaired) electrons. The van der Waals surface area contributed by atoms with E-state index in [4.69, 9.17) is 37.8 Å². The number of hydrogen-bond donors (Lipinski definition) is 1. The van der Waals surface area contributed by atoms with Gasteiger partial charge in [0, 0.05) is 22.2 Å². The molecule has 7 heteroatoms. The normalized spacial score (nSPS) is 15.5. The van der Waals surface area contributed by atoms with E-state index in [9.17, 15) is 4.79 Å². The summed E-state index contributed by atoms with van der Waals surface area (Å²) in [4.78, 5) is 13.1. The number of aliphatic carboxylic acids is 1. The van der Waals surface area contributed by atoms with E-state index in [0.717, 1.165) is 61.4 Å². The number of aryl methyl sites for hydroxylation is 1. The fourth-order valence-electron chi connectivity index (χ4n) is 3.51. The molecule has 0 atom stereocenters. The van der Waals surface area contributed by atoms with Gasteiger partial charge in [0.2, 0.25) is 0 Å². The highest BCUT2D eigenvalue weighted by atomic mass is 35.5. The number of benzene rings is 2. The van der Waals surface area contributed by atoms with Gasteiger partial charge in [0.1, 0.15) is 18.1 Å². The van der Waals surface area contributed by atoms with Gasteiger partial charge in [0.15, 0.2) is 0 Å². The molecule has 0 unspecified atom stereocenters. The van der Waals surface area contributed by atoms with Crippen molar-refractivity contribution in [2.45, 2.75) is 38.7 Å². The zero-order valence-corrected chi connectivity index (χ0v) is 18.4. The molecule has 30 heavy (non-hydrogen) atoms. The SMILES string of the molecule is O=C(O)CCN1CCCCOc2ccc(OCc3c(Cl)cccc3Cl)cc2CCC1. The van der Waals surface area contributed by atoms with E-state index in [1.807, 2.05) is 24.3 Å². The summed E-state index contributed by atoms with van der Waals surface area (Å²) in [6, 6.07) is 11.3. The molecule has 0 aliphatic carbocycles. The van der Waals surface area contributed by atoms with Crippen LogP contribution in [0.5, 0.6) is 11.5 Å². The first kappa shape index (κ1) is 22.7. The molecule has 0 fully saturated rings. The molecule has 0 aromatic heterocycles. The Hall–Kier alpha value is -1.95. The number of carboxylic acid groups (broad SMARTS) is 1. The van der Waals surface area contributed by atoms with Crippen LogP contribution >= 0.6 is 23.2 Å². The number of nitrogens with zero attached hydrogens (tertiary/aromatic N) is 1. The zero-order valence-electron chi connectivity index (χ0n) is 16.9. The average molecular weight is 452 g/mol. The Kier molecular flexibility index (Phi) is 8.67. The van der Waals surface area contributed by atoms with Crippen LogP contribution in [0.3, 0.4) is 0 Å². The van der Waals surface area contributed by atoms with Crippen LogP contribution in [0.15, 0.2) is 36.4 Å². The van der Waals surface area contributed by atoms with Gasteiger partial charge < -0.3 is 19.5 Å². The van der Waals surface area contributed by atoms with Crippen molar-refractivity contribution < 1.29 is 19.4 Å². The van der Waals surface area contributed by atoms with Gasteiger partial charge in [-0.2, -0.15) is 0 Å². The molecule has 0 bridgehead atoms. The van der Waals surface area contributed by atoms with Crippen LogP contribution in [-0.4, -0.2) is 42.2 Å². The summed E-state index contributed by atoms with van der Waals surface area (Å²) in [5, 5.41) is 10.1. The second-order valence-corrected chi connectivity index (χ2v) is 8.22. The number of carboxylic acids is 1. The molecule has 0 saturated carbocycles. The first-order chi connectivity index (χ1) is 14.5. The number of rotatable bonds is 6. The summed E-state index contributed by atoms with van der Waals surface area (Å²) < 4.78 is 12.0. The standard InChI is InChI=1S/C23H27Cl2NO4/c24-20-6-3-7-21(25)19(20)16-30-18-8-9-22-17(15-18)5-4-12-26(13-10-23(27)28)11-1-2-14-29-22/h3,6-9,15H,1-2,4-5,10-14,16H2,(H,27,28). The van der Waals surface area contributed by atoms with Crippen molar-refractivity contribution >= 4 is 29.2 Å². The third-order valence-electron chi connectivity index (χ3n) is 5.17. The highest BCUT2D eigenvalue weighted by molar-refractivity contribution is 6.35. The molecule has 5 nitrogen and oxygen atoms in total. The van der Waals surface area contributed by atoms with Crippen molar-refractivity contribution in [3.05, 3.63) is 57.6 Å². The summed E-state index contributed by atoms with van der Waals surface area (Å²) in [5.74, 6) is 0.876. The lowest BCUT2D eigenvalue weighted by molar-refractivity contribution is -0.137. The van der Waals surface area contributed by atoms with E-state index >= 15 is 0 Å². The molecule has 1 N–H and O–H groups in total. The zero-order chi connectivity index (χ0) is 21.3. The van der Waals surface area contributed by atoms with Crippen LogP contribution in [0.1, 0.15) is 36.8 Å². The maximum absolute atomic E-state index is 10.9. The van der Waals surface area contributed by atoms with Gasteiger partial charge in [-0.05, 0) is 74.7 Å². The van der Waals surface area contributed by atoms with E-state index in [2.05, 4.69) is 4.90 Å². The van der Waals surface area contributed by atoms with Crippen LogP contribution in [-0.2, 0) is 17.8 Å². The van der Waals surface area contributed by atoms with Crippen LogP contribution in [0.2, 0.25) is 10.0 Å². The van der Waals surface area contributed by atoms with Gasteiger partial charge in [-0.3, -0.25) is 4.79 Å². The van der Waals surface area contributed by atoms with Crippen molar-refractivity contribution in [3.8, 4) is 11.5 Å². The lowest BCUT2D eigenvalue weighted by atomic mass is 10.1. The average Bonchev–Trinajstić information content (AvgIpc) is 2.75. The highest BCUT2D eigenvalue weighted by Crippen LogP contribution is 2.29. The van der Waals surface area contributed by atoms with Gasteiger partial charge in [-0.15, -0.1) is 0 Å². The summed E-state index contributed by atoms with van der Waals surface area (Å²) in [6.07, 6.45) is 3.87. The van der Waals surface area contributed by atoms with E-state index in [1.165, 1.54) is 0 Å². The van der Waals surface area contributed by atoms with Crippen molar-refractivity contribution in [3.63, 3.8) is 0 Å². The van der Waals surface area contributed by atoms with Crippen LogP contribution in [0.4, 0.5) is 0 Å². The Morgan fingerprint density at radius 3 is 2.63 bits per heavy atom. The van der Waals surface area contributed by atoms with Crippen molar-refractivity contribution in [1.82, 2.24) is 4.90 Å². The summed E-state index contributed by atoms with van der Waals surface area (Å²) >= 11 is 12.5. The first-order valence-electron chi connectivity index (χ1n) is 10.3. The maximum atomic E-state index is 10.9. The molecule has 2 aromatic carbocycles.